The van der Waals surface area contributed by atoms with Gasteiger partial charge in [0.2, 0.25) is 0 Å². The van der Waals surface area contributed by atoms with E-state index in [1.807, 2.05) is 0 Å². The molecule has 5 aliphatic rings. The Hall–Kier alpha value is -0.410. The van der Waals surface area contributed by atoms with Crippen molar-refractivity contribution in [3.63, 3.8) is 0 Å². The predicted octanol–water partition coefficient (Wildman–Crippen LogP) is 4.24. The first-order valence-corrected chi connectivity index (χ1v) is 10.6. The van der Waals surface area contributed by atoms with Crippen LogP contribution in [0.5, 0.6) is 0 Å². The third-order valence-electron chi connectivity index (χ3n) is 9.59. The van der Waals surface area contributed by atoms with Crippen LogP contribution >= 0.6 is 0 Å². The van der Waals surface area contributed by atoms with E-state index in [1.165, 1.54) is 44.9 Å². The molecule has 0 N–H and O–H groups in total. The van der Waals surface area contributed by atoms with Crippen LogP contribution in [0.1, 0.15) is 65.2 Å². The number of rotatable bonds is 3. The van der Waals surface area contributed by atoms with Gasteiger partial charge in [-0.2, -0.15) is 0 Å². The van der Waals surface area contributed by atoms with E-state index in [1.54, 1.807) is 7.11 Å². The second kappa shape index (κ2) is 5.55. The summed E-state index contributed by atoms with van der Waals surface area (Å²) >= 11 is 0. The molecular weight excluding hydrogens is 312 g/mol. The number of ether oxygens (including phenoxy) is 2. The van der Waals surface area contributed by atoms with Crippen LogP contribution in [0, 0.1) is 40.4 Å². The quantitative estimate of drug-likeness (QED) is 0.718. The lowest BCUT2D eigenvalue weighted by Crippen LogP contribution is -2.54. The lowest BCUT2D eigenvalue weighted by atomic mass is 9.45. The van der Waals surface area contributed by atoms with Gasteiger partial charge in [0.25, 0.3) is 0 Å². The largest absolute Gasteiger partial charge is 0.377 e. The Bertz CT molecular complexity index is 574. The van der Waals surface area contributed by atoms with Gasteiger partial charge in [-0.25, -0.2) is 0 Å². The third-order valence-corrected chi connectivity index (χ3v) is 9.59. The topological polar surface area (TPSA) is 38.8 Å². The van der Waals surface area contributed by atoms with E-state index in [2.05, 4.69) is 13.8 Å². The second-order valence-electron chi connectivity index (χ2n) is 10.4. The van der Waals surface area contributed by atoms with Crippen molar-refractivity contribution in [2.45, 2.75) is 77.4 Å². The zero-order chi connectivity index (χ0) is 17.4. The molecule has 0 aromatic rings. The van der Waals surface area contributed by atoms with Crippen molar-refractivity contribution in [1.82, 2.24) is 0 Å². The molecule has 0 radical (unpaired) electrons. The average molecular weight is 347 g/mol. The van der Waals surface area contributed by atoms with Gasteiger partial charge in [-0.3, -0.25) is 4.79 Å². The molecular formula is C22H34O3. The number of carbonyl (C=O) groups excluding carboxylic acids is 1. The molecule has 0 aromatic heterocycles. The van der Waals surface area contributed by atoms with Crippen LogP contribution in [0.4, 0.5) is 0 Å². The summed E-state index contributed by atoms with van der Waals surface area (Å²) in [4.78, 5) is 12.7. The van der Waals surface area contributed by atoms with Crippen LogP contribution in [-0.2, 0) is 14.3 Å². The van der Waals surface area contributed by atoms with Gasteiger partial charge in [-0.1, -0.05) is 13.8 Å². The smallest absolute Gasteiger partial charge is 0.162 e. The molecule has 0 spiro atoms. The Morgan fingerprint density at radius 3 is 2.64 bits per heavy atom. The zero-order valence-corrected chi connectivity index (χ0v) is 16.1. The fourth-order valence-electron chi connectivity index (χ4n) is 8.29. The lowest BCUT2D eigenvalue weighted by molar-refractivity contribution is -0.137. The standard InChI is InChI=1S/C22H34O3/c1-21-9-8-16-14(15(21)6-7-17(21)18(23)12-24-3)5-4-13-10-19-20(25-19)11-22(13,16)2/h13-17,19-20H,4-12H2,1-3H3/t13-,14-,15-,16-,17+,19-,20+,21-,22-/m0/s1. The summed E-state index contributed by atoms with van der Waals surface area (Å²) in [7, 11) is 1.65. The molecule has 4 aliphatic carbocycles. The molecule has 1 saturated heterocycles. The molecule has 140 valence electrons. The Labute approximate surface area is 152 Å². The number of ketones is 1. The zero-order valence-electron chi connectivity index (χ0n) is 16.1. The van der Waals surface area contributed by atoms with Crippen molar-refractivity contribution in [2.24, 2.45) is 40.4 Å². The maximum absolute atomic E-state index is 12.7. The van der Waals surface area contributed by atoms with Gasteiger partial charge in [-0.05, 0) is 85.9 Å². The van der Waals surface area contributed by atoms with Crippen LogP contribution in [0.15, 0.2) is 0 Å². The highest BCUT2D eigenvalue weighted by molar-refractivity contribution is 5.83. The highest BCUT2D eigenvalue weighted by Gasteiger charge is 2.64. The van der Waals surface area contributed by atoms with Gasteiger partial charge in [0, 0.05) is 13.0 Å². The first-order chi connectivity index (χ1) is 12.0. The number of carbonyl (C=O) groups is 1. The van der Waals surface area contributed by atoms with Crippen LogP contribution in [0.3, 0.4) is 0 Å². The van der Waals surface area contributed by atoms with Crippen molar-refractivity contribution >= 4 is 5.78 Å². The highest BCUT2D eigenvalue weighted by atomic mass is 16.6. The van der Waals surface area contributed by atoms with Gasteiger partial charge in [0.1, 0.15) is 6.61 Å². The number of epoxide rings is 1. The molecule has 0 aromatic carbocycles. The predicted molar refractivity (Wildman–Crippen MR) is 96.1 cm³/mol. The molecule has 25 heavy (non-hydrogen) atoms. The summed E-state index contributed by atoms with van der Waals surface area (Å²) in [5, 5.41) is 0. The minimum atomic E-state index is 0.229. The second-order valence-corrected chi connectivity index (χ2v) is 10.4. The van der Waals surface area contributed by atoms with Crippen LogP contribution in [-0.4, -0.2) is 31.7 Å². The molecule has 3 heteroatoms. The highest BCUT2D eigenvalue weighted by Crippen LogP contribution is 2.68. The summed E-state index contributed by atoms with van der Waals surface area (Å²) in [5.41, 5.74) is 0.726. The summed E-state index contributed by atoms with van der Waals surface area (Å²) in [6, 6.07) is 0. The average Bonchev–Trinajstić information content (AvgIpc) is 3.21. The maximum Gasteiger partial charge on any atom is 0.162 e. The minimum Gasteiger partial charge on any atom is -0.377 e. The van der Waals surface area contributed by atoms with Gasteiger partial charge in [-0.15, -0.1) is 0 Å². The Morgan fingerprint density at radius 2 is 1.84 bits per heavy atom. The third kappa shape index (κ3) is 2.27. The first-order valence-electron chi connectivity index (χ1n) is 10.6. The van der Waals surface area contributed by atoms with Crippen LogP contribution in [0.2, 0.25) is 0 Å². The lowest BCUT2D eigenvalue weighted by Gasteiger charge is -2.60. The van der Waals surface area contributed by atoms with E-state index in [0.717, 1.165) is 30.1 Å². The number of Topliss-reactive ketones (excluding diaryl/α,β-unsaturated/α-hetero) is 1. The number of methoxy groups -OCH3 is 1. The van der Waals surface area contributed by atoms with Crippen LogP contribution < -0.4 is 0 Å². The molecule has 9 atom stereocenters. The summed E-state index contributed by atoms with van der Waals surface area (Å²) < 4.78 is 11.1. The minimum absolute atomic E-state index is 0.229. The van der Waals surface area contributed by atoms with Gasteiger partial charge >= 0.3 is 0 Å². The number of hydrogen-bond acceptors (Lipinski definition) is 3. The van der Waals surface area contributed by atoms with Crippen molar-refractivity contribution < 1.29 is 14.3 Å². The molecule has 1 heterocycles. The van der Waals surface area contributed by atoms with Crippen molar-refractivity contribution in [2.75, 3.05) is 13.7 Å². The molecule has 1 aliphatic heterocycles. The van der Waals surface area contributed by atoms with E-state index in [4.69, 9.17) is 9.47 Å². The number of hydrogen-bond donors (Lipinski definition) is 0. The molecule has 3 nitrogen and oxygen atoms in total. The normalized spacial score (nSPS) is 56.4. The molecule has 0 bridgehead atoms. The van der Waals surface area contributed by atoms with Gasteiger partial charge < -0.3 is 9.47 Å². The molecule has 5 rings (SSSR count). The monoisotopic (exact) mass is 346 g/mol. The summed E-state index contributed by atoms with van der Waals surface area (Å²) in [6.07, 6.45) is 11.5. The van der Waals surface area contributed by atoms with Crippen LogP contribution in [0.25, 0.3) is 0 Å². The summed E-state index contributed by atoms with van der Waals surface area (Å²) in [6.45, 7) is 5.34. The summed E-state index contributed by atoms with van der Waals surface area (Å²) in [5.74, 6) is 3.95. The van der Waals surface area contributed by atoms with E-state index in [9.17, 15) is 4.79 Å². The molecule has 5 fully saturated rings. The van der Waals surface area contributed by atoms with E-state index in [0.29, 0.717) is 30.0 Å². The van der Waals surface area contributed by atoms with E-state index < -0.39 is 0 Å². The number of fused-ring (bicyclic) bond motifs is 6. The molecule has 0 unspecified atom stereocenters. The Morgan fingerprint density at radius 1 is 1.04 bits per heavy atom. The van der Waals surface area contributed by atoms with Crippen molar-refractivity contribution in [3.05, 3.63) is 0 Å². The maximum atomic E-state index is 12.7. The Balaban J connectivity index is 1.40. The van der Waals surface area contributed by atoms with E-state index >= 15 is 0 Å². The SMILES string of the molecule is COCC(=O)[C@H]1CC[C@H]2[C@@H]3CC[C@H]4C[C@@H]5O[C@@H]5C[C@]4(C)[C@H]3CC[C@]12C. The van der Waals surface area contributed by atoms with Gasteiger partial charge in [0.15, 0.2) is 5.78 Å². The van der Waals surface area contributed by atoms with Crippen molar-refractivity contribution in [1.29, 1.82) is 0 Å². The molecule has 4 saturated carbocycles. The first kappa shape index (κ1) is 16.7. The van der Waals surface area contributed by atoms with Crippen molar-refractivity contribution in [3.8, 4) is 0 Å². The van der Waals surface area contributed by atoms with Gasteiger partial charge in [0.05, 0.1) is 12.2 Å². The molecule has 0 amide bonds. The fraction of sp³-hybridized carbons (Fsp3) is 0.955. The van der Waals surface area contributed by atoms with E-state index in [-0.39, 0.29) is 11.3 Å². The Kier molecular flexibility index (Phi) is 3.71. The fourth-order valence-corrected chi connectivity index (χ4v) is 8.29.